The molecule has 1 unspecified atom stereocenters. The average Bonchev–Trinajstić information content (AvgIpc) is 2.16. The molecule has 4 heterocycles. The number of rotatable bonds is 2. The molecule has 0 radical (unpaired) electrons. The smallest absolute Gasteiger partial charge is 0.225 e. The molecule has 0 aliphatic carbocycles. The molecule has 2 bridgehead atoms. The number of hydrogen-bond donors (Lipinski definition) is 2. The summed E-state index contributed by atoms with van der Waals surface area (Å²) in [6.45, 7) is 5.29. The van der Waals surface area contributed by atoms with Gasteiger partial charge in [-0.05, 0) is 31.8 Å². The highest BCUT2D eigenvalue weighted by Crippen LogP contribution is 2.27. The van der Waals surface area contributed by atoms with Crippen LogP contribution in [-0.2, 0) is 4.79 Å². The van der Waals surface area contributed by atoms with Crippen LogP contribution in [0.2, 0.25) is 0 Å². The lowest BCUT2D eigenvalue weighted by atomic mass is 9.83. The molecule has 2 N–H and O–H groups in total. The predicted octanol–water partition coefficient (Wildman–Crippen LogP) is -0.584. The summed E-state index contributed by atoms with van der Waals surface area (Å²) in [6, 6.07) is 0.431. The van der Waals surface area contributed by atoms with Crippen molar-refractivity contribution in [2.75, 3.05) is 32.7 Å². The summed E-state index contributed by atoms with van der Waals surface area (Å²) in [4.78, 5) is 14.3. The highest BCUT2D eigenvalue weighted by atomic mass is 16.2. The van der Waals surface area contributed by atoms with Crippen LogP contribution in [0, 0.1) is 11.8 Å². The van der Waals surface area contributed by atoms with Gasteiger partial charge in [-0.25, -0.2) is 0 Å². The molecule has 4 rings (SSSR count). The van der Waals surface area contributed by atoms with Gasteiger partial charge in [-0.15, -0.1) is 0 Å². The number of fused-ring (bicyclic) bond motifs is 3. The van der Waals surface area contributed by atoms with Gasteiger partial charge in [0.05, 0.1) is 5.92 Å². The Bertz CT molecular complexity index is 257. The molecule has 84 valence electrons. The third kappa shape index (κ3) is 1.76. The third-order valence-corrected chi connectivity index (χ3v) is 4.14. The second kappa shape index (κ2) is 3.76. The normalized spacial score (nSPS) is 39.9. The van der Waals surface area contributed by atoms with E-state index >= 15 is 0 Å². The van der Waals surface area contributed by atoms with E-state index in [4.69, 9.17) is 0 Å². The Hall–Kier alpha value is -0.610. The zero-order valence-corrected chi connectivity index (χ0v) is 9.04. The maximum atomic E-state index is 11.8. The first kappa shape index (κ1) is 9.60. The number of nitrogens with one attached hydrogen (secondary N) is 2. The summed E-state index contributed by atoms with van der Waals surface area (Å²) >= 11 is 0. The summed E-state index contributed by atoms with van der Waals surface area (Å²) in [7, 11) is 0. The second-order valence-corrected chi connectivity index (χ2v) is 5.11. The molecule has 15 heavy (non-hydrogen) atoms. The fraction of sp³-hybridized carbons (Fsp3) is 0.909. The standard InChI is InChI=1S/C11H19N3O/c15-11(9-5-12-6-9)13-10-7-14-3-1-8(10)2-4-14/h8-10,12H,1-7H2,(H,13,15). The lowest BCUT2D eigenvalue weighted by Crippen LogP contribution is -2.60. The largest absolute Gasteiger partial charge is 0.351 e. The average molecular weight is 209 g/mol. The van der Waals surface area contributed by atoms with Crippen molar-refractivity contribution in [2.45, 2.75) is 18.9 Å². The minimum atomic E-state index is 0.237. The number of carbonyl (C=O) groups excluding carboxylic acids is 1. The van der Waals surface area contributed by atoms with Crippen molar-refractivity contribution in [3.63, 3.8) is 0 Å². The molecule has 0 spiro atoms. The molecule has 4 aliphatic heterocycles. The van der Waals surface area contributed by atoms with Gasteiger partial charge in [0.2, 0.25) is 5.91 Å². The molecule has 0 aromatic carbocycles. The lowest BCUT2D eigenvalue weighted by Gasteiger charge is -2.45. The predicted molar refractivity (Wildman–Crippen MR) is 57.5 cm³/mol. The molecule has 4 saturated heterocycles. The van der Waals surface area contributed by atoms with Crippen molar-refractivity contribution in [3.8, 4) is 0 Å². The van der Waals surface area contributed by atoms with Crippen LogP contribution < -0.4 is 10.6 Å². The van der Waals surface area contributed by atoms with Gasteiger partial charge in [0.15, 0.2) is 0 Å². The molecule has 0 aromatic heterocycles. The van der Waals surface area contributed by atoms with E-state index in [1.54, 1.807) is 0 Å². The van der Waals surface area contributed by atoms with Gasteiger partial charge in [-0.3, -0.25) is 4.79 Å². The minimum Gasteiger partial charge on any atom is -0.351 e. The summed E-state index contributed by atoms with van der Waals surface area (Å²) in [5, 5.41) is 6.37. The van der Waals surface area contributed by atoms with E-state index in [0.717, 1.165) is 25.6 Å². The van der Waals surface area contributed by atoms with Crippen molar-refractivity contribution in [1.29, 1.82) is 0 Å². The fourth-order valence-electron chi connectivity index (χ4n) is 2.90. The molecule has 1 amide bonds. The van der Waals surface area contributed by atoms with Crippen LogP contribution in [0.4, 0.5) is 0 Å². The summed E-state index contributed by atoms with van der Waals surface area (Å²) in [5.74, 6) is 1.25. The number of piperidine rings is 3. The van der Waals surface area contributed by atoms with E-state index in [0.29, 0.717) is 6.04 Å². The number of amides is 1. The van der Waals surface area contributed by atoms with Crippen LogP contribution in [-0.4, -0.2) is 49.6 Å². The monoisotopic (exact) mass is 209 g/mol. The van der Waals surface area contributed by atoms with Crippen molar-refractivity contribution >= 4 is 5.91 Å². The van der Waals surface area contributed by atoms with Crippen LogP contribution in [0.25, 0.3) is 0 Å². The SMILES string of the molecule is O=C(NC1CN2CCC1CC2)C1CNC1. The maximum Gasteiger partial charge on any atom is 0.225 e. The Labute approximate surface area is 90.4 Å². The van der Waals surface area contributed by atoms with Gasteiger partial charge >= 0.3 is 0 Å². The minimum absolute atomic E-state index is 0.237. The highest BCUT2D eigenvalue weighted by Gasteiger charge is 2.36. The number of nitrogens with zero attached hydrogens (tertiary/aromatic N) is 1. The van der Waals surface area contributed by atoms with Crippen molar-refractivity contribution < 1.29 is 4.79 Å². The van der Waals surface area contributed by atoms with E-state index in [9.17, 15) is 4.79 Å². The first-order chi connectivity index (χ1) is 7.33. The van der Waals surface area contributed by atoms with Crippen molar-refractivity contribution in [2.24, 2.45) is 11.8 Å². The molecule has 4 heteroatoms. The van der Waals surface area contributed by atoms with Gasteiger partial charge in [-0.1, -0.05) is 0 Å². The van der Waals surface area contributed by atoms with Gasteiger partial charge in [0.25, 0.3) is 0 Å². The van der Waals surface area contributed by atoms with E-state index in [1.165, 1.54) is 25.9 Å². The van der Waals surface area contributed by atoms with Gasteiger partial charge in [0, 0.05) is 25.7 Å². The molecule has 0 aromatic rings. The summed E-state index contributed by atoms with van der Waals surface area (Å²) in [5.41, 5.74) is 0. The Morgan fingerprint density at radius 2 is 2.00 bits per heavy atom. The van der Waals surface area contributed by atoms with Crippen LogP contribution in [0.3, 0.4) is 0 Å². The van der Waals surface area contributed by atoms with E-state index < -0.39 is 0 Å². The quantitative estimate of drug-likeness (QED) is 0.639. The Kier molecular flexibility index (Phi) is 2.41. The maximum absolute atomic E-state index is 11.8. The lowest BCUT2D eigenvalue weighted by molar-refractivity contribution is -0.128. The van der Waals surface area contributed by atoms with E-state index in [-0.39, 0.29) is 11.8 Å². The van der Waals surface area contributed by atoms with Crippen LogP contribution >= 0.6 is 0 Å². The Balaban J connectivity index is 1.56. The second-order valence-electron chi connectivity index (χ2n) is 5.11. The third-order valence-electron chi connectivity index (χ3n) is 4.14. The molecule has 1 atom stereocenters. The summed E-state index contributed by atoms with van der Waals surface area (Å²) < 4.78 is 0. The first-order valence-corrected chi connectivity index (χ1v) is 6.06. The summed E-state index contributed by atoms with van der Waals surface area (Å²) in [6.07, 6.45) is 2.54. The molecule has 4 nitrogen and oxygen atoms in total. The molecule has 4 fully saturated rings. The van der Waals surface area contributed by atoms with Crippen LogP contribution in [0.15, 0.2) is 0 Å². The molecular formula is C11H19N3O. The first-order valence-electron chi connectivity index (χ1n) is 6.06. The van der Waals surface area contributed by atoms with Gasteiger partial charge < -0.3 is 15.5 Å². The molecular weight excluding hydrogens is 190 g/mol. The zero-order chi connectivity index (χ0) is 10.3. The topological polar surface area (TPSA) is 44.4 Å². The van der Waals surface area contributed by atoms with E-state index in [2.05, 4.69) is 15.5 Å². The van der Waals surface area contributed by atoms with Gasteiger partial charge in [0.1, 0.15) is 0 Å². The van der Waals surface area contributed by atoms with E-state index in [1.807, 2.05) is 0 Å². The fourth-order valence-corrected chi connectivity index (χ4v) is 2.90. The van der Waals surface area contributed by atoms with Gasteiger partial charge in [-0.2, -0.15) is 0 Å². The Morgan fingerprint density at radius 3 is 2.47 bits per heavy atom. The van der Waals surface area contributed by atoms with Crippen LogP contribution in [0.1, 0.15) is 12.8 Å². The van der Waals surface area contributed by atoms with Crippen molar-refractivity contribution in [3.05, 3.63) is 0 Å². The zero-order valence-electron chi connectivity index (χ0n) is 9.04. The number of hydrogen-bond acceptors (Lipinski definition) is 3. The molecule has 0 saturated carbocycles. The van der Waals surface area contributed by atoms with Crippen molar-refractivity contribution in [1.82, 2.24) is 15.5 Å². The number of carbonyl (C=O) groups is 1. The molecule has 4 aliphatic rings. The highest BCUT2D eigenvalue weighted by molar-refractivity contribution is 5.80. The Morgan fingerprint density at radius 1 is 1.27 bits per heavy atom. The van der Waals surface area contributed by atoms with Crippen LogP contribution in [0.5, 0.6) is 0 Å².